The Morgan fingerprint density at radius 1 is 0.938 bits per heavy atom. The molecule has 3 aromatic carbocycles. The van der Waals surface area contributed by atoms with Crippen LogP contribution in [0.1, 0.15) is 78.7 Å². The van der Waals surface area contributed by atoms with Crippen LogP contribution in [-0.2, 0) is 21.8 Å². The molecule has 0 N–H and O–H groups in total. The van der Waals surface area contributed by atoms with Crippen molar-refractivity contribution < 1.29 is 54.2 Å². The monoisotopic (exact) mass is 681 g/mol. The van der Waals surface area contributed by atoms with E-state index in [1.54, 1.807) is 6.07 Å². The number of benzene rings is 3. The first-order valence-corrected chi connectivity index (χ1v) is 14.9. The zero-order valence-corrected chi connectivity index (χ0v) is 26.3. The van der Waals surface area contributed by atoms with E-state index in [0.29, 0.717) is 48.1 Å². The molecule has 5 rings (SSSR count). The van der Waals surface area contributed by atoms with Gasteiger partial charge in [-0.2, -0.15) is 26.3 Å². The second-order valence-electron chi connectivity index (χ2n) is 12.8. The number of allylic oxidation sites excluding steroid dienone is 1. The summed E-state index contributed by atoms with van der Waals surface area (Å²) in [5.41, 5.74) is -1.80. The van der Waals surface area contributed by atoms with Crippen LogP contribution in [0.5, 0.6) is 0 Å². The Labute approximate surface area is 271 Å². The van der Waals surface area contributed by atoms with Gasteiger partial charge in [0.1, 0.15) is 17.7 Å². The standard InChI is InChI=1S/C35H31F8NO4/c1-18-30(22-10-24(34(38,39)40)15-25(11-22)35(41,42)43)48-32(46)44(18)17-23-16-33(2,3)8-7-27(23)20-9-21(13-26(36)12-20)28-6-5-19(14-29(28)37)31(45)47-4/h5-6,9-15,18,30H,7-8,16-17H2,1-4H3. The van der Waals surface area contributed by atoms with Gasteiger partial charge in [0.2, 0.25) is 0 Å². The fourth-order valence-electron chi connectivity index (χ4n) is 6.33. The number of alkyl halides is 6. The van der Waals surface area contributed by atoms with Crippen LogP contribution in [0.4, 0.5) is 39.9 Å². The molecule has 3 aromatic rings. The minimum Gasteiger partial charge on any atom is -0.465 e. The molecule has 48 heavy (non-hydrogen) atoms. The van der Waals surface area contributed by atoms with Crippen LogP contribution in [-0.4, -0.2) is 36.7 Å². The number of hydrogen-bond acceptors (Lipinski definition) is 4. The van der Waals surface area contributed by atoms with Gasteiger partial charge in [-0.15, -0.1) is 0 Å². The van der Waals surface area contributed by atoms with Crippen molar-refractivity contribution in [3.63, 3.8) is 0 Å². The molecule has 0 spiro atoms. The van der Waals surface area contributed by atoms with Gasteiger partial charge < -0.3 is 9.47 Å². The molecule has 0 saturated carbocycles. The van der Waals surface area contributed by atoms with Crippen LogP contribution in [0.15, 0.2) is 60.2 Å². The molecule has 13 heteroatoms. The molecule has 0 aromatic heterocycles. The maximum atomic E-state index is 15.1. The topological polar surface area (TPSA) is 55.8 Å². The number of halogens is 8. The third kappa shape index (κ3) is 7.19. The molecule has 2 atom stereocenters. The summed E-state index contributed by atoms with van der Waals surface area (Å²) >= 11 is 0. The van der Waals surface area contributed by atoms with Crippen molar-refractivity contribution in [3.8, 4) is 11.1 Å². The molecule has 1 aliphatic carbocycles. The highest BCUT2D eigenvalue weighted by Gasteiger charge is 2.44. The highest BCUT2D eigenvalue weighted by atomic mass is 19.4. The lowest BCUT2D eigenvalue weighted by atomic mass is 9.72. The van der Waals surface area contributed by atoms with Crippen LogP contribution < -0.4 is 0 Å². The Kier molecular flexibility index (Phi) is 9.13. The van der Waals surface area contributed by atoms with E-state index in [-0.39, 0.29) is 34.7 Å². The van der Waals surface area contributed by atoms with E-state index in [0.717, 1.165) is 19.2 Å². The average molecular weight is 682 g/mol. The van der Waals surface area contributed by atoms with Gasteiger partial charge in [-0.05, 0) is 108 Å². The summed E-state index contributed by atoms with van der Waals surface area (Å²) in [5.74, 6) is -2.20. The van der Waals surface area contributed by atoms with Gasteiger partial charge in [0.25, 0.3) is 0 Å². The maximum absolute atomic E-state index is 15.1. The first-order chi connectivity index (χ1) is 22.3. The van der Waals surface area contributed by atoms with E-state index in [2.05, 4.69) is 4.74 Å². The molecule has 0 bridgehead atoms. The van der Waals surface area contributed by atoms with E-state index in [1.165, 1.54) is 30.0 Å². The van der Waals surface area contributed by atoms with Crippen LogP contribution in [0.3, 0.4) is 0 Å². The molecule has 1 saturated heterocycles. The van der Waals surface area contributed by atoms with Crippen LogP contribution in [0.2, 0.25) is 0 Å². The largest absolute Gasteiger partial charge is 0.465 e. The van der Waals surface area contributed by atoms with Crippen LogP contribution in [0, 0.1) is 17.0 Å². The van der Waals surface area contributed by atoms with Gasteiger partial charge in [-0.1, -0.05) is 19.9 Å². The van der Waals surface area contributed by atoms with Crippen molar-refractivity contribution in [1.82, 2.24) is 4.90 Å². The van der Waals surface area contributed by atoms with Gasteiger partial charge in [-0.3, -0.25) is 4.90 Å². The number of ether oxygens (including phenoxy) is 2. The third-order valence-corrected chi connectivity index (χ3v) is 8.81. The van der Waals surface area contributed by atoms with E-state index < -0.39 is 64.9 Å². The normalized spacial score (nSPS) is 19.8. The first kappa shape index (κ1) is 34.9. The second-order valence-corrected chi connectivity index (χ2v) is 12.8. The predicted molar refractivity (Wildman–Crippen MR) is 160 cm³/mol. The van der Waals surface area contributed by atoms with Crippen LogP contribution >= 0.6 is 0 Å². The fourth-order valence-corrected chi connectivity index (χ4v) is 6.33. The second kappa shape index (κ2) is 12.6. The summed E-state index contributed by atoms with van der Waals surface area (Å²) in [4.78, 5) is 26.2. The molecule has 1 heterocycles. The Bertz CT molecular complexity index is 1760. The number of cyclic esters (lactones) is 1. The summed E-state index contributed by atoms with van der Waals surface area (Å²) in [6, 6.07) is 7.80. The number of carbonyl (C=O) groups is 2. The lowest BCUT2D eigenvalue weighted by Gasteiger charge is -2.35. The third-order valence-electron chi connectivity index (χ3n) is 8.81. The average Bonchev–Trinajstić information content (AvgIpc) is 3.27. The molecule has 1 fully saturated rings. The van der Waals surface area contributed by atoms with Gasteiger partial charge in [0, 0.05) is 12.1 Å². The smallest absolute Gasteiger partial charge is 0.416 e. The maximum Gasteiger partial charge on any atom is 0.416 e. The number of hydrogen-bond donors (Lipinski definition) is 0. The molecule has 5 nitrogen and oxygen atoms in total. The number of amides is 1. The molecular weight excluding hydrogens is 650 g/mol. The van der Waals surface area contributed by atoms with Crippen molar-refractivity contribution in [2.45, 2.75) is 64.5 Å². The molecule has 2 unspecified atom stereocenters. The summed E-state index contributed by atoms with van der Waals surface area (Å²) in [7, 11) is 1.15. The van der Waals surface area contributed by atoms with Crippen molar-refractivity contribution in [1.29, 1.82) is 0 Å². The Morgan fingerprint density at radius 3 is 2.15 bits per heavy atom. The quantitative estimate of drug-likeness (QED) is 0.192. The summed E-state index contributed by atoms with van der Waals surface area (Å²) in [6.07, 6.45) is -11.0. The zero-order chi connectivity index (χ0) is 35.3. The molecule has 256 valence electrons. The fraction of sp³-hybridized carbons (Fsp3) is 0.371. The summed E-state index contributed by atoms with van der Waals surface area (Å²) in [6.45, 7) is 5.37. The first-order valence-electron chi connectivity index (χ1n) is 14.9. The van der Waals surface area contributed by atoms with E-state index >= 15 is 8.78 Å². The minimum absolute atomic E-state index is 0.0104. The van der Waals surface area contributed by atoms with Crippen molar-refractivity contribution >= 4 is 17.6 Å². The molecule has 2 aliphatic rings. The van der Waals surface area contributed by atoms with Gasteiger partial charge in [0.05, 0.1) is 29.8 Å². The molecule has 1 aliphatic heterocycles. The van der Waals surface area contributed by atoms with E-state index in [1.807, 2.05) is 13.8 Å². The highest BCUT2D eigenvalue weighted by Crippen LogP contribution is 2.46. The Balaban J connectivity index is 1.52. The summed E-state index contributed by atoms with van der Waals surface area (Å²) in [5, 5.41) is 0. The van der Waals surface area contributed by atoms with Gasteiger partial charge in [0.15, 0.2) is 0 Å². The van der Waals surface area contributed by atoms with Crippen molar-refractivity contribution in [2.75, 3.05) is 13.7 Å². The van der Waals surface area contributed by atoms with Crippen LogP contribution in [0.25, 0.3) is 16.7 Å². The lowest BCUT2D eigenvalue weighted by molar-refractivity contribution is -0.143. The number of methoxy groups -OCH3 is 1. The van der Waals surface area contributed by atoms with E-state index in [9.17, 15) is 35.9 Å². The van der Waals surface area contributed by atoms with Crippen molar-refractivity contribution in [3.05, 3.63) is 99.6 Å². The van der Waals surface area contributed by atoms with Crippen molar-refractivity contribution in [2.24, 2.45) is 5.41 Å². The highest BCUT2D eigenvalue weighted by molar-refractivity contribution is 5.90. The van der Waals surface area contributed by atoms with Gasteiger partial charge >= 0.3 is 24.4 Å². The Hall–Kier alpha value is -4.42. The van der Waals surface area contributed by atoms with Gasteiger partial charge in [-0.25, -0.2) is 18.4 Å². The number of rotatable bonds is 6. The zero-order valence-electron chi connectivity index (χ0n) is 26.3. The SMILES string of the molecule is COC(=O)c1ccc(-c2cc(F)cc(C3=C(CN4C(=O)OC(c5cc(C(F)(F)F)cc(C(F)(F)F)c5)C4C)CC(C)(C)CC3)c2)c(F)c1. The minimum atomic E-state index is -5.08. The van der Waals surface area contributed by atoms with E-state index in [4.69, 9.17) is 4.74 Å². The number of carbonyl (C=O) groups excluding carboxylic acids is 2. The number of nitrogens with zero attached hydrogens (tertiary/aromatic N) is 1. The molecule has 1 amide bonds. The summed E-state index contributed by atoms with van der Waals surface area (Å²) < 4.78 is 122. The predicted octanol–water partition coefficient (Wildman–Crippen LogP) is 10.0. The molecule has 0 radical (unpaired) electrons. The Morgan fingerprint density at radius 2 is 1.56 bits per heavy atom. The number of esters is 1. The lowest BCUT2D eigenvalue weighted by Crippen LogP contribution is -2.35. The molecular formula is C35H31F8NO4.